The average Bonchev–Trinajstić information content (AvgIpc) is 2.87. The molecule has 2 aliphatic rings. The van der Waals surface area contributed by atoms with Gasteiger partial charge >= 0.3 is 0 Å². The first-order chi connectivity index (χ1) is 8.07. The molecule has 0 aromatic rings. The second-order valence-electron chi connectivity index (χ2n) is 5.09. The highest BCUT2D eigenvalue weighted by molar-refractivity contribution is 7.91. The summed E-state index contributed by atoms with van der Waals surface area (Å²) >= 11 is 0. The molecule has 0 spiro atoms. The van der Waals surface area contributed by atoms with E-state index >= 15 is 0 Å². The Labute approximate surface area is 103 Å². The molecule has 1 aliphatic heterocycles. The summed E-state index contributed by atoms with van der Waals surface area (Å²) in [5, 5.41) is 0. The van der Waals surface area contributed by atoms with Crippen molar-refractivity contribution < 1.29 is 17.9 Å². The van der Waals surface area contributed by atoms with Gasteiger partial charge < -0.3 is 4.74 Å². The lowest BCUT2D eigenvalue weighted by Crippen LogP contribution is -2.24. The Balaban J connectivity index is 1.78. The van der Waals surface area contributed by atoms with E-state index in [9.17, 15) is 13.2 Å². The molecule has 2 atom stereocenters. The summed E-state index contributed by atoms with van der Waals surface area (Å²) in [5.41, 5.74) is 0. The second-order valence-corrected chi connectivity index (χ2v) is 7.32. The molecule has 0 amide bonds. The number of hydrogen-bond acceptors (Lipinski definition) is 4. The lowest BCUT2D eigenvalue weighted by molar-refractivity contribution is -0.120. The van der Waals surface area contributed by atoms with Gasteiger partial charge in [0.2, 0.25) is 0 Å². The zero-order valence-corrected chi connectivity index (χ0v) is 10.9. The number of carbonyl (C=O) groups is 1. The van der Waals surface area contributed by atoms with E-state index in [-0.39, 0.29) is 29.3 Å². The van der Waals surface area contributed by atoms with Gasteiger partial charge in [0.25, 0.3) is 0 Å². The van der Waals surface area contributed by atoms with Crippen LogP contribution in [0.4, 0.5) is 0 Å². The molecule has 0 radical (unpaired) electrons. The summed E-state index contributed by atoms with van der Waals surface area (Å²) in [4.78, 5) is 11.4. The molecule has 1 saturated carbocycles. The van der Waals surface area contributed by atoms with Crippen LogP contribution >= 0.6 is 0 Å². The van der Waals surface area contributed by atoms with E-state index in [1.165, 1.54) is 0 Å². The fraction of sp³-hybridized carbons (Fsp3) is 0.917. The van der Waals surface area contributed by atoms with Crippen molar-refractivity contribution in [2.24, 2.45) is 5.92 Å². The first-order valence-electron chi connectivity index (χ1n) is 6.41. The fourth-order valence-corrected chi connectivity index (χ4v) is 4.30. The second kappa shape index (κ2) is 5.48. The van der Waals surface area contributed by atoms with E-state index in [1.807, 2.05) is 0 Å². The lowest BCUT2D eigenvalue weighted by Gasteiger charge is -2.11. The molecule has 0 N–H and O–H groups in total. The van der Waals surface area contributed by atoms with Gasteiger partial charge in [-0.05, 0) is 32.1 Å². The predicted octanol–water partition coefficient (Wildman–Crippen LogP) is 1.34. The molecule has 98 valence electrons. The van der Waals surface area contributed by atoms with Gasteiger partial charge in [0.15, 0.2) is 9.84 Å². The standard InChI is InChI=1S/C12H20O4S/c13-12-5-1-3-10(12)6-8-17(14,15)9-11-4-2-7-16-11/h10-11H,1-9H2. The Bertz CT molecular complexity index is 368. The van der Waals surface area contributed by atoms with Crippen LogP contribution < -0.4 is 0 Å². The van der Waals surface area contributed by atoms with Crippen LogP contribution in [0.2, 0.25) is 0 Å². The lowest BCUT2D eigenvalue weighted by atomic mass is 10.1. The third kappa shape index (κ3) is 3.78. The molecule has 0 aromatic heterocycles. The van der Waals surface area contributed by atoms with Crippen LogP contribution in [-0.2, 0) is 19.4 Å². The van der Waals surface area contributed by atoms with Crippen molar-refractivity contribution >= 4 is 15.6 Å². The van der Waals surface area contributed by atoms with Gasteiger partial charge in [-0.15, -0.1) is 0 Å². The first kappa shape index (κ1) is 13.0. The maximum Gasteiger partial charge on any atom is 0.152 e. The normalized spacial score (nSPS) is 30.0. The van der Waals surface area contributed by atoms with Crippen LogP contribution in [-0.4, -0.2) is 38.4 Å². The molecule has 2 rings (SSSR count). The van der Waals surface area contributed by atoms with Crippen molar-refractivity contribution in [3.8, 4) is 0 Å². The number of carbonyl (C=O) groups excluding carboxylic acids is 1. The van der Waals surface area contributed by atoms with Gasteiger partial charge in [-0.25, -0.2) is 8.42 Å². The number of hydrogen-bond donors (Lipinski definition) is 0. The summed E-state index contributed by atoms with van der Waals surface area (Å²) in [6.07, 6.45) is 4.64. The number of rotatable bonds is 5. The minimum atomic E-state index is -3.05. The van der Waals surface area contributed by atoms with Crippen LogP contribution in [0.5, 0.6) is 0 Å². The number of ketones is 1. The molecular formula is C12H20O4S. The van der Waals surface area contributed by atoms with Gasteiger partial charge in [0.05, 0.1) is 17.6 Å². The zero-order chi connectivity index (χ0) is 12.3. The van der Waals surface area contributed by atoms with Crippen molar-refractivity contribution in [3.63, 3.8) is 0 Å². The van der Waals surface area contributed by atoms with Crippen molar-refractivity contribution in [1.29, 1.82) is 0 Å². The van der Waals surface area contributed by atoms with Crippen molar-refractivity contribution in [1.82, 2.24) is 0 Å². The molecule has 17 heavy (non-hydrogen) atoms. The number of ether oxygens (including phenoxy) is 1. The largest absolute Gasteiger partial charge is 0.377 e. The molecule has 4 nitrogen and oxygen atoms in total. The van der Waals surface area contributed by atoms with E-state index in [4.69, 9.17) is 4.74 Å². The van der Waals surface area contributed by atoms with Crippen molar-refractivity contribution in [3.05, 3.63) is 0 Å². The van der Waals surface area contributed by atoms with Crippen LogP contribution in [0, 0.1) is 5.92 Å². The highest BCUT2D eigenvalue weighted by atomic mass is 32.2. The maximum atomic E-state index is 11.9. The smallest absolute Gasteiger partial charge is 0.152 e. The third-order valence-corrected chi connectivity index (χ3v) is 5.41. The van der Waals surface area contributed by atoms with Crippen LogP contribution in [0.1, 0.15) is 38.5 Å². The van der Waals surface area contributed by atoms with Crippen LogP contribution in [0.3, 0.4) is 0 Å². The Kier molecular flexibility index (Phi) is 4.20. The Hall–Kier alpha value is -0.420. The zero-order valence-electron chi connectivity index (χ0n) is 10.1. The maximum absolute atomic E-state index is 11.9. The Morgan fingerprint density at radius 3 is 2.65 bits per heavy atom. The molecule has 1 aliphatic carbocycles. The summed E-state index contributed by atoms with van der Waals surface area (Å²) in [6.45, 7) is 0.682. The van der Waals surface area contributed by atoms with Gasteiger partial charge in [-0.2, -0.15) is 0 Å². The Morgan fingerprint density at radius 2 is 2.06 bits per heavy atom. The molecule has 1 saturated heterocycles. The van der Waals surface area contributed by atoms with Crippen molar-refractivity contribution in [2.75, 3.05) is 18.1 Å². The third-order valence-electron chi connectivity index (χ3n) is 3.67. The summed E-state index contributed by atoms with van der Waals surface area (Å²) < 4.78 is 29.1. The average molecular weight is 260 g/mol. The number of sulfone groups is 1. The molecule has 0 aromatic carbocycles. The van der Waals surface area contributed by atoms with Crippen LogP contribution in [0.15, 0.2) is 0 Å². The highest BCUT2D eigenvalue weighted by Gasteiger charge is 2.28. The van der Waals surface area contributed by atoms with Gasteiger partial charge in [0.1, 0.15) is 5.78 Å². The summed E-state index contributed by atoms with van der Waals surface area (Å²) in [6, 6.07) is 0. The molecule has 2 unspecified atom stereocenters. The molecule has 2 fully saturated rings. The minimum Gasteiger partial charge on any atom is -0.377 e. The van der Waals surface area contributed by atoms with E-state index in [2.05, 4.69) is 0 Å². The van der Waals surface area contributed by atoms with Gasteiger partial charge in [0, 0.05) is 18.9 Å². The predicted molar refractivity (Wildman–Crippen MR) is 64.6 cm³/mol. The minimum absolute atomic E-state index is 0.00530. The van der Waals surface area contributed by atoms with E-state index in [0.29, 0.717) is 19.4 Å². The van der Waals surface area contributed by atoms with E-state index < -0.39 is 9.84 Å². The molecular weight excluding hydrogens is 240 g/mol. The van der Waals surface area contributed by atoms with E-state index in [1.54, 1.807) is 0 Å². The molecule has 1 heterocycles. The SMILES string of the molecule is O=C1CCCC1CCS(=O)(=O)CC1CCCO1. The summed E-state index contributed by atoms with van der Waals surface area (Å²) in [7, 11) is -3.05. The van der Waals surface area contributed by atoms with Crippen molar-refractivity contribution in [2.45, 2.75) is 44.6 Å². The van der Waals surface area contributed by atoms with Gasteiger partial charge in [-0.3, -0.25) is 4.79 Å². The molecule has 0 bridgehead atoms. The topological polar surface area (TPSA) is 60.4 Å². The Morgan fingerprint density at radius 1 is 1.24 bits per heavy atom. The highest BCUT2D eigenvalue weighted by Crippen LogP contribution is 2.25. The van der Waals surface area contributed by atoms with E-state index in [0.717, 1.165) is 25.7 Å². The first-order valence-corrected chi connectivity index (χ1v) is 8.24. The molecule has 5 heteroatoms. The number of Topliss-reactive ketones (excluding diaryl/α,β-unsaturated/α-hetero) is 1. The monoisotopic (exact) mass is 260 g/mol. The fourth-order valence-electron chi connectivity index (χ4n) is 2.66. The quantitative estimate of drug-likeness (QED) is 0.748. The van der Waals surface area contributed by atoms with Crippen LogP contribution in [0.25, 0.3) is 0 Å². The summed E-state index contributed by atoms with van der Waals surface area (Å²) in [5.74, 6) is 0.517. The van der Waals surface area contributed by atoms with Gasteiger partial charge in [-0.1, -0.05) is 0 Å².